The molecule has 0 bridgehead atoms. The number of hydrogen-bond donors (Lipinski definition) is 2. The summed E-state index contributed by atoms with van der Waals surface area (Å²) >= 11 is 0. The van der Waals surface area contributed by atoms with Gasteiger partial charge in [-0.05, 0) is 31.4 Å². The number of rotatable bonds is 5. The molecule has 2 N–H and O–H groups in total. The molecule has 26 heavy (non-hydrogen) atoms. The van der Waals surface area contributed by atoms with Crippen LogP contribution >= 0.6 is 0 Å². The van der Waals surface area contributed by atoms with E-state index in [2.05, 4.69) is 15.3 Å². The van der Waals surface area contributed by atoms with Crippen molar-refractivity contribution < 1.29 is 9.59 Å². The lowest BCUT2D eigenvalue weighted by Crippen LogP contribution is -2.52. The number of benzene rings is 1. The highest BCUT2D eigenvalue weighted by molar-refractivity contribution is 5.97. The highest BCUT2D eigenvalue weighted by Gasteiger charge is 2.32. The molecule has 7 heteroatoms. The molecule has 1 aromatic heterocycles. The third kappa shape index (κ3) is 4.36. The van der Waals surface area contributed by atoms with E-state index in [0.717, 1.165) is 12.8 Å². The standard InChI is InChI=1S/C19H22N4O3/c24-17-12-15(21-13-22-17)9-10-20-18(25)16-8-4-5-11-23(16)19(26)14-6-2-1-3-7-14/h1-3,6-7,12-13,16H,4-5,8-11H2,(H,20,25)(H,21,22,24). The van der Waals surface area contributed by atoms with Gasteiger partial charge in [0.25, 0.3) is 11.5 Å². The molecule has 2 aromatic rings. The van der Waals surface area contributed by atoms with Gasteiger partial charge in [0.05, 0.1) is 6.33 Å². The summed E-state index contributed by atoms with van der Waals surface area (Å²) in [5, 5.41) is 2.87. The van der Waals surface area contributed by atoms with Crippen molar-refractivity contribution in [1.29, 1.82) is 0 Å². The Morgan fingerprint density at radius 1 is 1.23 bits per heavy atom. The Morgan fingerprint density at radius 3 is 2.81 bits per heavy atom. The number of nitrogens with zero attached hydrogens (tertiary/aromatic N) is 2. The first-order valence-electron chi connectivity index (χ1n) is 8.82. The van der Waals surface area contributed by atoms with E-state index in [1.807, 2.05) is 18.2 Å². The summed E-state index contributed by atoms with van der Waals surface area (Å²) in [6, 6.07) is 10.00. The van der Waals surface area contributed by atoms with Gasteiger partial charge in [0.2, 0.25) is 5.91 Å². The summed E-state index contributed by atoms with van der Waals surface area (Å²) in [6.45, 7) is 0.959. The van der Waals surface area contributed by atoms with Crippen LogP contribution in [0.2, 0.25) is 0 Å². The number of hydrogen-bond acceptors (Lipinski definition) is 4. The molecule has 1 unspecified atom stereocenters. The number of likely N-dealkylation sites (tertiary alicyclic amines) is 1. The first-order chi connectivity index (χ1) is 12.6. The van der Waals surface area contributed by atoms with Gasteiger partial charge in [-0.25, -0.2) is 4.98 Å². The second kappa shape index (κ2) is 8.42. The normalized spacial score (nSPS) is 16.9. The summed E-state index contributed by atoms with van der Waals surface area (Å²) in [6.07, 6.45) is 4.30. The number of aromatic amines is 1. The zero-order valence-corrected chi connectivity index (χ0v) is 14.5. The fraction of sp³-hybridized carbons (Fsp3) is 0.368. The number of nitrogens with one attached hydrogen (secondary N) is 2. The number of carbonyl (C=O) groups is 2. The molecule has 0 aliphatic carbocycles. The molecule has 1 atom stereocenters. The SMILES string of the molecule is O=C(NCCc1cc(=O)[nH]cn1)C1CCCCN1C(=O)c1ccccc1. The van der Waals surface area contributed by atoms with Crippen molar-refractivity contribution in [2.24, 2.45) is 0 Å². The van der Waals surface area contributed by atoms with Crippen molar-refractivity contribution in [3.8, 4) is 0 Å². The minimum atomic E-state index is -0.455. The molecule has 1 fully saturated rings. The monoisotopic (exact) mass is 354 g/mol. The van der Waals surface area contributed by atoms with E-state index in [9.17, 15) is 14.4 Å². The van der Waals surface area contributed by atoms with E-state index in [1.54, 1.807) is 17.0 Å². The largest absolute Gasteiger partial charge is 0.354 e. The molecule has 0 saturated carbocycles. The van der Waals surface area contributed by atoms with Gasteiger partial charge in [-0.15, -0.1) is 0 Å². The molecular weight excluding hydrogens is 332 g/mol. The quantitative estimate of drug-likeness (QED) is 0.841. The van der Waals surface area contributed by atoms with Crippen LogP contribution in [0.5, 0.6) is 0 Å². The van der Waals surface area contributed by atoms with Crippen LogP contribution in [0.15, 0.2) is 47.5 Å². The average molecular weight is 354 g/mol. The van der Waals surface area contributed by atoms with Crippen LogP contribution in [0.3, 0.4) is 0 Å². The zero-order chi connectivity index (χ0) is 18.4. The van der Waals surface area contributed by atoms with Crippen LogP contribution in [0.4, 0.5) is 0 Å². The van der Waals surface area contributed by atoms with Gasteiger partial charge in [0.15, 0.2) is 0 Å². The van der Waals surface area contributed by atoms with Crippen molar-refractivity contribution in [3.63, 3.8) is 0 Å². The van der Waals surface area contributed by atoms with Crippen LogP contribution in [0.1, 0.15) is 35.3 Å². The van der Waals surface area contributed by atoms with Gasteiger partial charge < -0.3 is 15.2 Å². The van der Waals surface area contributed by atoms with Crippen LogP contribution in [-0.4, -0.2) is 45.8 Å². The minimum Gasteiger partial charge on any atom is -0.354 e. The lowest BCUT2D eigenvalue weighted by molar-refractivity contribution is -0.126. The van der Waals surface area contributed by atoms with Crippen molar-refractivity contribution >= 4 is 11.8 Å². The van der Waals surface area contributed by atoms with E-state index < -0.39 is 6.04 Å². The summed E-state index contributed by atoms with van der Waals surface area (Å²) in [7, 11) is 0. The van der Waals surface area contributed by atoms with E-state index in [1.165, 1.54) is 12.4 Å². The maximum absolute atomic E-state index is 12.7. The molecule has 1 aliphatic rings. The summed E-state index contributed by atoms with van der Waals surface area (Å²) in [5.41, 5.74) is 1.00. The Hall–Kier alpha value is -2.96. The molecule has 0 radical (unpaired) electrons. The van der Waals surface area contributed by atoms with Gasteiger partial charge in [-0.3, -0.25) is 14.4 Å². The van der Waals surface area contributed by atoms with Gasteiger partial charge >= 0.3 is 0 Å². The summed E-state index contributed by atoms with van der Waals surface area (Å²) < 4.78 is 0. The topological polar surface area (TPSA) is 95.2 Å². The summed E-state index contributed by atoms with van der Waals surface area (Å²) in [4.78, 5) is 44.8. The van der Waals surface area contributed by atoms with E-state index in [0.29, 0.717) is 37.2 Å². The Kier molecular flexibility index (Phi) is 5.78. The third-order valence-corrected chi connectivity index (χ3v) is 4.50. The molecule has 136 valence electrons. The predicted molar refractivity (Wildman–Crippen MR) is 96.7 cm³/mol. The third-order valence-electron chi connectivity index (χ3n) is 4.50. The first-order valence-corrected chi connectivity index (χ1v) is 8.82. The van der Waals surface area contributed by atoms with Crippen LogP contribution in [-0.2, 0) is 11.2 Å². The van der Waals surface area contributed by atoms with Crippen LogP contribution in [0, 0.1) is 0 Å². The number of aromatic nitrogens is 2. The zero-order valence-electron chi connectivity index (χ0n) is 14.5. The fourth-order valence-electron chi connectivity index (χ4n) is 3.17. The fourth-order valence-corrected chi connectivity index (χ4v) is 3.17. The molecule has 0 spiro atoms. The maximum atomic E-state index is 12.7. The molecular formula is C19H22N4O3. The summed E-state index contributed by atoms with van der Waals surface area (Å²) in [5.74, 6) is -0.263. The Morgan fingerprint density at radius 2 is 2.04 bits per heavy atom. The van der Waals surface area contributed by atoms with Crippen molar-refractivity contribution in [1.82, 2.24) is 20.2 Å². The van der Waals surface area contributed by atoms with Crippen molar-refractivity contribution in [2.45, 2.75) is 31.7 Å². The molecule has 2 heterocycles. The molecule has 3 rings (SSSR count). The van der Waals surface area contributed by atoms with Crippen LogP contribution in [0.25, 0.3) is 0 Å². The molecule has 1 aliphatic heterocycles. The van der Waals surface area contributed by atoms with Gasteiger partial charge in [-0.2, -0.15) is 0 Å². The predicted octanol–water partition coefficient (Wildman–Crippen LogP) is 1.12. The Balaban J connectivity index is 1.61. The highest BCUT2D eigenvalue weighted by Crippen LogP contribution is 2.20. The van der Waals surface area contributed by atoms with Gasteiger partial charge in [0.1, 0.15) is 6.04 Å². The van der Waals surface area contributed by atoms with Crippen molar-refractivity contribution in [2.75, 3.05) is 13.1 Å². The Labute approximate surface area is 151 Å². The number of H-pyrrole nitrogens is 1. The van der Waals surface area contributed by atoms with Gasteiger partial charge in [-0.1, -0.05) is 18.2 Å². The second-order valence-electron chi connectivity index (χ2n) is 6.32. The smallest absolute Gasteiger partial charge is 0.254 e. The average Bonchev–Trinajstić information content (AvgIpc) is 2.68. The van der Waals surface area contributed by atoms with Crippen molar-refractivity contribution in [3.05, 3.63) is 64.3 Å². The number of amides is 2. The highest BCUT2D eigenvalue weighted by atomic mass is 16.2. The second-order valence-corrected chi connectivity index (χ2v) is 6.32. The first kappa shape index (κ1) is 17.8. The van der Waals surface area contributed by atoms with Gasteiger partial charge in [0, 0.05) is 36.8 Å². The maximum Gasteiger partial charge on any atom is 0.254 e. The van der Waals surface area contributed by atoms with E-state index >= 15 is 0 Å². The molecule has 2 amide bonds. The molecule has 1 aromatic carbocycles. The molecule has 1 saturated heterocycles. The number of piperidine rings is 1. The Bertz CT molecular complexity index is 819. The van der Waals surface area contributed by atoms with Crippen LogP contribution < -0.4 is 10.9 Å². The minimum absolute atomic E-state index is 0.110. The molecule has 7 nitrogen and oxygen atoms in total. The number of carbonyl (C=O) groups excluding carboxylic acids is 2. The lowest BCUT2D eigenvalue weighted by Gasteiger charge is -2.34. The van der Waals surface area contributed by atoms with E-state index in [-0.39, 0.29) is 17.4 Å². The van der Waals surface area contributed by atoms with E-state index in [4.69, 9.17) is 0 Å². The lowest BCUT2D eigenvalue weighted by atomic mass is 10.00.